The number of rotatable bonds is 3. The molecule has 0 spiro atoms. The van der Waals surface area contributed by atoms with E-state index in [0.29, 0.717) is 11.5 Å². The molecular formula is C14H15BrN2O. The number of allylic oxidation sites excluding steroid dienone is 2. The third kappa shape index (κ3) is 3.81. The number of hydrogen-bond donors (Lipinski definition) is 1. The first-order valence-corrected chi connectivity index (χ1v) is 6.79. The van der Waals surface area contributed by atoms with Crippen LogP contribution in [0.25, 0.3) is 0 Å². The van der Waals surface area contributed by atoms with E-state index in [1.807, 2.05) is 18.3 Å². The molecule has 1 aliphatic carbocycles. The Bertz CT molecular complexity index is 482. The molecule has 1 unspecified atom stereocenters. The first-order valence-electron chi connectivity index (χ1n) is 6.00. The molecule has 0 fully saturated rings. The van der Waals surface area contributed by atoms with Crippen molar-refractivity contribution in [2.45, 2.75) is 19.3 Å². The Morgan fingerprint density at radius 3 is 3.06 bits per heavy atom. The van der Waals surface area contributed by atoms with E-state index in [0.717, 1.165) is 23.7 Å². The monoisotopic (exact) mass is 306 g/mol. The number of halogens is 1. The summed E-state index contributed by atoms with van der Waals surface area (Å²) >= 11 is 3.34. The number of carbonyl (C=O) groups excluding carboxylic acids is 1. The van der Waals surface area contributed by atoms with Gasteiger partial charge in [-0.3, -0.25) is 4.79 Å². The quantitative estimate of drug-likeness (QED) is 0.518. The minimum atomic E-state index is -0.182. The van der Waals surface area contributed by atoms with Crippen molar-refractivity contribution in [3.05, 3.63) is 46.5 Å². The Morgan fingerprint density at radius 2 is 2.33 bits per heavy atom. The zero-order valence-corrected chi connectivity index (χ0v) is 11.6. The largest absolute Gasteiger partial charge is 0.271 e. The summed E-state index contributed by atoms with van der Waals surface area (Å²) in [6.07, 6.45) is 9.39. The van der Waals surface area contributed by atoms with Gasteiger partial charge in [-0.05, 0) is 43.4 Å². The average Bonchev–Trinajstić information content (AvgIpc) is 2.40. The lowest BCUT2D eigenvalue weighted by atomic mass is 9.96. The predicted octanol–water partition coefficient (Wildman–Crippen LogP) is 3.52. The Balaban J connectivity index is 1.88. The molecule has 0 aromatic heterocycles. The fourth-order valence-electron chi connectivity index (χ4n) is 1.85. The van der Waals surface area contributed by atoms with Gasteiger partial charge in [-0.25, -0.2) is 5.43 Å². The number of amides is 1. The number of hydrogen-bond acceptors (Lipinski definition) is 2. The Labute approximate surface area is 115 Å². The lowest BCUT2D eigenvalue weighted by Gasteiger charge is -2.11. The summed E-state index contributed by atoms with van der Waals surface area (Å²) in [4.78, 5) is 11.8. The molecule has 4 heteroatoms. The lowest BCUT2D eigenvalue weighted by molar-refractivity contribution is 0.0955. The van der Waals surface area contributed by atoms with Crippen molar-refractivity contribution in [1.82, 2.24) is 5.43 Å². The number of nitrogens with one attached hydrogen (secondary N) is 1. The van der Waals surface area contributed by atoms with Crippen LogP contribution >= 0.6 is 15.9 Å². The van der Waals surface area contributed by atoms with Crippen LogP contribution in [-0.4, -0.2) is 12.1 Å². The van der Waals surface area contributed by atoms with Gasteiger partial charge in [0.2, 0.25) is 0 Å². The first-order chi connectivity index (χ1) is 8.75. The van der Waals surface area contributed by atoms with Gasteiger partial charge in [0.25, 0.3) is 5.91 Å². The highest BCUT2D eigenvalue weighted by atomic mass is 79.9. The van der Waals surface area contributed by atoms with Crippen molar-refractivity contribution in [2.24, 2.45) is 11.0 Å². The summed E-state index contributed by atoms with van der Waals surface area (Å²) in [5.41, 5.74) is 3.16. The number of carbonyl (C=O) groups is 1. The molecule has 0 bridgehead atoms. The minimum absolute atomic E-state index is 0.182. The maximum absolute atomic E-state index is 11.8. The van der Waals surface area contributed by atoms with Crippen LogP contribution < -0.4 is 5.43 Å². The van der Waals surface area contributed by atoms with Gasteiger partial charge in [-0.2, -0.15) is 5.10 Å². The second-order valence-electron chi connectivity index (χ2n) is 4.27. The smallest absolute Gasteiger partial charge is 0.267 e. The van der Waals surface area contributed by atoms with E-state index < -0.39 is 0 Å². The molecule has 1 amide bonds. The zero-order chi connectivity index (χ0) is 12.8. The second-order valence-corrected chi connectivity index (χ2v) is 5.19. The van der Waals surface area contributed by atoms with Gasteiger partial charge in [-0.15, -0.1) is 0 Å². The molecule has 1 aliphatic rings. The number of benzene rings is 1. The number of hydrazone groups is 1. The zero-order valence-electron chi connectivity index (χ0n) is 9.97. The minimum Gasteiger partial charge on any atom is -0.267 e. The van der Waals surface area contributed by atoms with Crippen molar-refractivity contribution >= 4 is 28.1 Å². The summed E-state index contributed by atoms with van der Waals surface area (Å²) in [5, 5.41) is 4.03. The molecule has 18 heavy (non-hydrogen) atoms. The van der Waals surface area contributed by atoms with Gasteiger partial charge in [0, 0.05) is 16.3 Å². The van der Waals surface area contributed by atoms with Crippen LogP contribution in [-0.2, 0) is 0 Å². The third-order valence-corrected chi connectivity index (χ3v) is 3.34. The van der Waals surface area contributed by atoms with Gasteiger partial charge < -0.3 is 0 Å². The van der Waals surface area contributed by atoms with Crippen LogP contribution in [0.5, 0.6) is 0 Å². The van der Waals surface area contributed by atoms with Gasteiger partial charge >= 0.3 is 0 Å². The van der Waals surface area contributed by atoms with E-state index >= 15 is 0 Å². The SMILES string of the molecule is O=C(NN=CC1CC=CCC1)c1cccc(Br)c1. The molecule has 0 saturated heterocycles. The third-order valence-electron chi connectivity index (χ3n) is 2.85. The van der Waals surface area contributed by atoms with Crippen LogP contribution in [0.3, 0.4) is 0 Å². The highest BCUT2D eigenvalue weighted by molar-refractivity contribution is 9.10. The molecular weight excluding hydrogens is 292 g/mol. The van der Waals surface area contributed by atoms with Crippen LogP contribution in [0.1, 0.15) is 29.6 Å². The standard InChI is InChI=1S/C14H15BrN2O/c15-13-8-4-7-12(9-13)14(18)17-16-10-11-5-2-1-3-6-11/h1-2,4,7-11H,3,5-6H2,(H,17,18). The molecule has 0 saturated carbocycles. The summed E-state index contributed by atoms with van der Waals surface area (Å²) in [7, 11) is 0. The van der Waals surface area contributed by atoms with Gasteiger partial charge in [0.15, 0.2) is 0 Å². The van der Waals surface area contributed by atoms with Crippen molar-refractivity contribution in [3.63, 3.8) is 0 Å². The predicted molar refractivity (Wildman–Crippen MR) is 76.6 cm³/mol. The molecule has 0 heterocycles. The molecule has 0 radical (unpaired) electrons. The van der Waals surface area contributed by atoms with Gasteiger partial charge in [-0.1, -0.05) is 34.1 Å². The molecule has 3 nitrogen and oxygen atoms in total. The fraction of sp³-hybridized carbons (Fsp3) is 0.286. The maximum Gasteiger partial charge on any atom is 0.271 e. The molecule has 1 N–H and O–H groups in total. The van der Waals surface area contributed by atoms with Crippen LogP contribution in [0.2, 0.25) is 0 Å². The van der Waals surface area contributed by atoms with Crippen molar-refractivity contribution in [3.8, 4) is 0 Å². The maximum atomic E-state index is 11.8. The van der Waals surface area contributed by atoms with E-state index in [9.17, 15) is 4.79 Å². The summed E-state index contributed by atoms with van der Waals surface area (Å²) < 4.78 is 0.886. The summed E-state index contributed by atoms with van der Waals surface area (Å²) in [6.45, 7) is 0. The van der Waals surface area contributed by atoms with Crippen molar-refractivity contribution < 1.29 is 4.79 Å². The number of nitrogens with zero attached hydrogens (tertiary/aromatic N) is 1. The molecule has 1 aromatic carbocycles. The summed E-state index contributed by atoms with van der Waals surface area (Å²) in [6, 6.07) is 7.25. The molecule has 1 atom stereocenters. The highest BCUT2D eigenvalue weighted by Gasteiger charge is 2.07. The van der Waals surface area contributed by atoms with Crippen LogP contribution in [0.4, 0.5) is 0 Å². The van der Waals surface area contributed by atoms with E-state index in [2.05, 4.69) is 38.6 Å². The molecule has 2 rings (SSSR count). The van der Waals surface area contributed by atoms with Crippen molar-refractivity contribution in [2.75, 3.05) is 0 Å². The first kappa shape index (κ1) is 13.0. The van der Waals surface area contributed by atoms with E-state index in [4.69, 9.17) is 0 Å². The normalized spacial score (nSPS) is 19.1. The second kappa shape index (κ2) is 6.50. The van der Waals surface area contributed by atoms with Gasteiger partial charge in [0.1, 0.15) is 0 Å². The highest BCUT2D eigenvalue weighted by Crippen LogP contribution is 2.15. The van der Waals surface area contributed by atoms with E-state index in [-0.39, 0.29) is 5.91 Å². The Morgan fingerprint density at radius 1 is 1.44 bits per heavy atom. The fourth-order valence-corrected chi connectivity index (χ4v) is 2.25. The van der Waals surface area contributed by atoms with Gasteiger partial charge in [0.05, 0.1) is 0 Å². The van der Waals surface area contributed by atoms with E-state index in [1.165, 1.54) is 0 Å². The van der Waals surface area contributed by atoms with Crippen LogP contribution in [0, 0.1) is 5.92 Å². The molecule has 1 aromatic rings. The lowest BCUT2D eigenvalue weighted by Crippen LogP contribution is -2.18. The molecule has 0 aliphatic heterocycles. The topological polar surface area (TPSA) is 41.5 Å². The van der Waals surface area contributed by atoms with E-state index in [1.54, 1.807) is 12.1 Å². The Hall–Kier alpha value is -1.42. The van der Waals surface area contributed by atoms with Crippen molar-refractivity contribution in [1.29, 1.82) is 0 Å². The molecule has 94 valence electrons. The van der Waals surface area contributed by atoms with Crippen LogP contribution in [0.15, 0.2) is 46.0 Å². The summed E-state index contributed by atoms with van der Waals surface area (Å²) in [5.74, 6) is 0.261. The average molecular weight is 307 g/mol. The Kier molecular flexibility index (Phi) is 4.70.